The molecule has 2 heterocycles. The van der Waals surface area contributed by atoms with Crippen LogP contribution in [0.5, 0.6) is 5.88 Å². The Morgan fingerprint density at radius 3 is 3.10 bits per heavy atom. The van der Waals surface area contributed by atoms with E-state index in [1.807, 2.05) is 18.7 Å². The van der Waals surface area contributed by atoms with Crippen molar-refractivity contribution in [3.05, 3.63) is 12.4 Å². The van der Waals surface area contributed by atoms with Crippen LogP contribution in [0.25, 0.3) is 0 Å². The highest BCUT2D eigenvalue weighted by Crippen LogP contribution is 2.22. The molecule has 0 amide bonds. The second-order valence-corrected chi connectivity index (χ2v) is 4.90. The van der Waals surface area contributed by atoms with Crippen molar-refractivity contribution in [1.82, 2.24) is 9.97 Å². The molecule has 0 aromatic carbocycles. The zero-order chi connectivity index (χ0) is 14.5. The maximum Gasteiger partial charge on any atom is 0.305 e. The molecular formula is C13H19N3O4. The highest BCUT2D eigenvalue weighted by molar-refractivity contribution is 5.68. The minimum atomic E-state index is -0.849. The number of carboxylic acid groups (broad SMARTS) is 1. The average Bonchev–Trinajstić information content (AvgIpc) is 2.38. The summed E-state index contributed by atoms with van der Waals surface area (Å²) in [4.78, 5) is 21.1. The van der Waals surface area contributed by atoms with Crippen molar-refractivity contribution in [1.29, 1.82) is 0 Å². The first-order chi connectivity index (χ1) is 9.56. The lowest BCUT2D eigenvalue weighted by Crippen LogP contribution is -2.47. The largest absolute Gasteiger partial charge is 0.481 e. The first kappa shape index (κ1) is 14.5. The first-order valence-corrected chi connectivity index (χ1v) is 6.61. The number of carboxylic acids is 1. The van der Waals surface area contributed by atoms with E-state index < -0.39 is 5.97 Å². The van der Waals surface area contributed by atoms with Crippen LogP contribution in [0.4, 0.5) is 5.82 Å². The van der Waals surface area contributed by atoms with Crippen LogP contribution < -0.4 is 9.64 Å². The van der Waals surface area contributed by atoms with E-state index in [0.29, 0.717) is 31.5 Å². The molecule has 2 rings (SSSR count). The van der Waals surface area contributed by atoms with Crippen molar-refractivity contribution in [2.75, 3.05) is 24.7 Å². The topological polar surface area (TPSA) is 84.8 Å². The van der Waals surface area contributed by atoms with Gasteiger partial charge in [0.15, 0.2) is 0 Å². The number of ether oxygens (including phenoxy) is 2. The quantitative estimate of drug-likeness (QED) is 0.859. The molecule has 1 fully saturated rings. The summed E-state index contributed by atoms with van der Waals surface area (Å²) in [7, 11) is 0. The molecule has 1 aliphatic heterocycles. The first-order valence-electron chi connectivity index (χ1n) is 6.61. The highest BCUT2D eigenvalue weighted by atomic mass is 16.5. The third-order valence-corrected chi connectivity index (χ3v) is 2.92. The number of morpholine rings is 1. The molecule has 0 spiro atoms. The molecule has 1 unspecified atom stereocenters. The van der Waals surface area contributed by atoms with Gasteiger partial charge < -0.3 is 19.5 Å². The molecule has 0 bridgehead atoms. The molecular weight excluding hydrogens is 262 g/mol. The van der Waals surface area contributed by atoms with E-state index in [9.17, 15) is 4.79 Å². The Balaban J connectivity index is 2.16. The third kappa shape index (κ3) is 3.80. The summed E-state index contributed by atoms with van der Waals surface area (Å²) < 4.78 is 10.9. The van der Waals surface area contributed by atoms with Gasteiger partial charge in [-0.2, -0.15) is 0 Å². The molecule has 1 aromatic heterocycles. The number of hydrogen-bond acceptors (Lipinski definition) is 6. The van der Waals surface area contributed by atoms with E-state index in [0.717, 1.165) is 0 Å². The van der Waals surface area contributed by atoms with Gasteiger partial charge in [0.05, 0.1) is 31.8 Å². The van der Waals surface area contributed by atoms with Crippen molar-refractivity contribution in [2.45, 2.75) is 32.4 Å². The highest BCUT2D eigenvalue weighted by Gasteiger charge is 2.26. The Kier molecular flexibility index (Phi) is 4.73. The van der Waals surface area contributed by atoms with E-state index in [4.69, 9.17) is 14.6 Å². The van der Waals surface area contributed by atoms with Gasteiger partial charge in [0.1, 0.15) is 12.1 Å². The van der Waals surface area contributed by atoms with Gasteiger partial charge in [-0.25, -0.2) is 9.97 Å². The summed E-state index contributed by atoms with van der Waals surface area (Å²) >= 11 is 0. The fraction of sp³-hybridized carbons (Fsp3) is 0.615. The average molecular weight is 281 g/mol. The molecule has 1 atom stereocenters. The van der Waals surface area contributed by atoms with E-state index in [-0.39, 0.29) is 18.6 Å². The second kappa shape index (κ2) is 6.51. The lowest BCUT2D eigenvalue weighted by Gasteiger charge is -2.35. The number of rotatable bonds is 5. The molecule has 1 aliphatic rings. The summed E-state index contributed by atoms with van der Waals surface area (Å²) in [6.45, 7) is 5.39. The number of anilines is 1. The van der Waals surface area contributed by atoms with Gasteiger partial charge in [0, 0.05) is 12.6 Å². The van der Waals surface area contributed by atoms with Gasteiger partial charge in [-0.1, -0.05) is 0 Å². The van der Waals surface area contributed by atoms with Crippen molar-refractivity contribution in [2.24, 2.45) is 0 Å². The summed E-state index contributed by atoms with van der Waals surface area (Å²) in [5, 5.41) is 8.96. The molecule has 110 valence electrons. The van der Waals surface area contributed by atoms with Crippen LogP contribution >= 0.6 is 0 Å². The Labute approximate surface area is 117 Å². The Bertz CT molecular complexity index is 467. The van der Waals surface area contributed by atoms with Crippen LogP contribution in [0.1, 0.15) is 20.3 Å². The van der Waals surface area contributed by atoms with Gasteiger partial charge in [-0.05, 0) is 13.8 Å². The minimum Gasteiger partial charge on any atom is -0.481 e. The van der Waals surface area contributed by atoms with Crippen molar-refractivity contribution < 1.29 is 19.4 Å². The molecule has 20 heavy (non-hydrogen) atoms. The number of aromatic nitrogens is 2. The number of carbonyl (C=O) groups is 1. The maximum atomic E-state index is 10.9. The fourth-order valence-corrected chi connectivity index (χ4v) is 2.12. The standard InChI is InChI=1S/C13H19N3O4/c1-9(2)20-12-6-11(14-8-15-12)16-3-4-19-7-10(16)5-13(17)18/h6,8-10H,3-5,7H2,1-2H3,(H,17,18). The van der Waals surface area contributed by atoms with Crippen LogP contribution in [0.2, 0.25) is 0 Å². The van der Waals surface area contributed by atoms with Crippen LogP contribution in [0.15, 0.2) is 12.4 Å². The maximum absolute atomic E-state index is 10.9. The Morgan fingerprint density at radius 1 is 1.60 bits per heavy atom. The van der Waals surface area contributed by atoms with Crippen molar-refractivity contribution >= 4 is 11.8 Å². The molecule has 1 saturated heterocycles. The molecule has 0 saturated carbocycles. The number of aliphatic carboxylic acids is 1. The number of hydrogen-bond donors (Lipinski definition) is 1. The van der Waals surface area contributed by atoms with Gasteiger partial charge in [0.2, 0.25) is 5.88 Å². The molecule has 1 aromatic rings. The molecule has 1 N–H and O–H groups in total. The zero-order valence-electron chi connectivity index (χ0n) is 11.7. The lowest BCUT2D eigenvalue weighted by molar-refractivity contribution is -0.138. The summed E-state index contributed by atoms with van der Waals surface area (Å²) in [5.41, 5.74) is 0. The van der Waals surface area contributed by atoms with E-state index in [1.54, 1.807) is 6.07 Å². The van der Waals surface area contributed by atoms with Crippen LogP contribution in [0, 0.1) is 0 Å². The molecule has 7 heteroatoms. The molecule has 0 aliphatic carbocycles. The Morgan fingerprint density at radius 2 is 2.40 bits per heavy atom. The van der Waals surface area contributed by atoms with Crippen LogP contribution in [-0.2, 0) is 9.53 Å². The van der Waals surface area contributed by atoms with Gasteiger partial charge in [-0.15, -0.1) is 0 Å². The fourth-order valence-electron chi connectivity index (χ4n) is 2.12. The normalized spacial score (nSPS) is 19.1. The molecule has 7 nitrogen and oxygen atoms in total. The second-order valence-electron chi connectivity index (χ2n) is 4.90. The van der Waals surface area contributed by atoms with Gasteiger partial charge in [-0.3, -0.25) is 4.79 Å². The summed E-state index contributed by atoms with van der Waals surface area (Å²) in [6.07, 6.45) is 1.47. The van der Waals surface area contributed by atoms with Gasteiger partial charge >= 0.3 is 5.97 Å². The third-order valence-electron chi connectivity index (χ3n) is 2.92. The van der Waals surface area contributed by atoms with E-state index in [1.165, 1.54) is 6.33 Å². The zero-order valence-corrected chi connectivity index (χ0v) is 11.7. The predicted octanol–water partition coefficient (Wildman–Crippen LogP) is 0.944. The summed E-state index contributed by atoms with van der Waals surface area (Å²) in [6, 6.07) is 1.52. The minimum absolute atomic E-state index is 0.0182. The van der Waals surface area contributed by atoms with Gasteiger partial charge in [0.25, 0.3) is 0 Å². The summed E-state index contributed by atoms with van der Waals surface area (Å²) in [5.74, 6) is 0.314. The smallest absolute Gasteiger partial charge is 0.305 e. The van der Waals surface area contributed by atoms with E-state index in [2.05, 4.69) is 9.97 Å². The van der Waals surface area contributed by atoms with Crippen LogP contribution in [-0.4, -0.2) is 52.9 Å². The lowest BCUT2D eigenvalue weighted by atomic mass is 10.1. The van der Waals surface area contributed by atoms with Crippen LogP contribution in [0.3, 0.4) is 0 Å². The van der Waals surface area contributed by atoms with Crippen molar-refractivity contribution in [3.63, 3.8) is 0 Å². The van der Waals surface area contributed by atoms with Crippen molar-refractivity contribution in [3.8, 4) is 5.88 Å². The molecule has 0 radical (unpaired) electrons. The monoisotopic (exact) mass is 281 g/mol. The SMILES string of the molecule is CC(C)Oc1cc(N2CCOCC2CC(=O)O)ncn1. The number of nitrogens with zero attached hydrogens (tertiary/aromatic N) is 3. The van der Waals surface area contributed by atoms with E-state index >= 15 is 0 Å². The Hall–Kier alpha value is -1.89. The predicted molar refractivity (Wildman–Crippen MR) is 72.0 cm³/mol.